The van der Waals surface area contributed by atoms with Crippen LogP contribution >= 0.6 is 0 Å². The van der Waals surface area contributed by atoms with E-state index in [0.29, 0.717) is 17.7 Å². The topological polar surface area (TPSA) is 46.5 Å². The van der Waals surface area contributed by atoms with Crippen molar-refractivity contribution < 1.29 is 23.4 Å². The molecular weight excluding hydrogens is 338 g/mol. The van der Waals surface area contributed by atoms with Gasteiger partial charge in [-0.25, -0.2) is 13.6 Å². The second kappa shape index (κ2) is 8.61. The lowest BCUT2D eigenvalue weighted by molar-refractivity contribution is 0.0697. The summed E-state index contributed by atoms with van der Waals surface area (Å²) in [5.41, 5.74) is 0.398. The Bertz CT molecular complexity index is 803. The highest BCUT2D eigenvalue weighted by atomic mass is 19.1. The molecule has 2 rings (SSSR count). The standard InChI is InChI=1S/C21H22F2O3/c1-4-6-7-8-18(23)20(17(22)5-2)16-11-13(3)26-19-10-9-14(21(24)25)12-15(16)19/h5,8-13H,2,4,6-7H2,1,3H3,(H,24,25)/b18-8+,20-17+. The van der Waals surface area contributed by atoms with E-state index in [4.69, 9.17) is 4.74 Å². The first kappa shape index (κ1) is 19.6. The van der Waals surface area contributed by atoms with Gasteiger partial charge in [0.25, 0.3) is 0 Å². The molecule has 0 fully saturated rings. The van der Waals surface area contributed by atoms with Crippen molar-refractivity contribution in [3.63, 3.8) is 0 Å². The van der Waals surface area contributed by atoms with E-state index in [1.807, 2.05) is 6.92 Å². The predicted octanol–water partition coefficient (Wildman–Crippen LogP) is 6.00. The van der Waals surface area contributed by atoms with Crippen molar-refractivity contribution in [1.82, 2.24) is 0 Å². The van der Waals surface area contributed by atoms with Crippen LogP contribution in [0, 0.1) is 0 Å². The van der Waals surface area contributed by atoms with Crippen molar-refractivity contribution in [2.75, 3.05) is 0 Å². The van der Waals surface area contributed by atoms with Crippen LogP contribution in [0.3, 0.4) is 0 Å². The largest absolute Gasteiger partial charge is 0.486 e. The first-order chi connectivity index (χ1) is 12.4. The van der Waals surface area contributed by atoms with Gasteiger partial charge in [-0.15, -0.1) is 0 Å². The van der Waals surface area contributed by atoms with Gasteiger partial charge in [0.05, 0.1) is 11.1 Å². The van der Waals surface area contributed by atoms with Crippen LogP contribution in [0.25, 0.3) is 5.57 Å². The van der Waals surface area contributed by atoms with E-state index in [9.17, 15) is 18.7 Å². The van der Waals surface area contributed by atoms with Crippen molar-refractivity contribution in [2.24, 2.45) is 0 Å². The van der Waals surface area contributed by atoms with Gasteiger partial charge in [0.2, 0.25) is 0 Å². The number of allylic oxidation sites excluding steroid dienone is 6. The Morgan fingerprint density at radius 2 is 2.12 bits per heavy atom. The predicted molar refractivity (Wildman–Crippen MR) is 98.5 cm³/mol. The number of halogens is 2. The average molecular weight is 360 g/mol. The third-order valence-electron chi connectivity index (χ3n) is 4.04. The number of unbranched alkanes of at least 4 members (excludes halogenated alkanes) is 2. The van der Waals surface area contributed by atoms with Crippen LogP contribution in [-0.2, 0) is 0 Å². The fraction of sp³-hybridized carbons (Fsp3) is 0.286. The summed E-state index contributed by atoms with van der Waals surface area (Å²) >= 11 is 0. The number of hydrogen-bond acceptors (Lipinski definition) is 2. The molecule has 0 spiro atoms. The molecule has 0 aliphatic carbocycles. The molecule has 26 heavy (non-hydrogen) atoms. The normalized spacial score (nSPS) is 17.6. The molecule has 0 amide bonds. The molecule has 0 radical (unpaired) electrons. The summed E-state index contributed by atoms with van der Waals surface area (Å²) in [4.78, 5) is 11.3. The SMILES string of the molecule is C=C/C(F)=C(C1=CC(C)Oc2ccc(C(=O)O)cc21)\C(F)=C/CCCC. The summed E-state index contributed by atoms with van der Waals surface area (Å²) in [6.45, 7) is 7.13. The number of rotatable bonds is 7. The Kier molecular flexibility index (Phi) is 6.50. The summed E-state index contributed by atoms with van der Waals surface area (Å²) in [6, 6.07) is 4.27. The number of aromatic carboxylic acids is 1. The van der Waals surface area contributed by atoms with Gasteiger partial charge in [-0.3, -0.25) is 0 Å². The highest BCUT2D eigenvalue weighted by molar-refractivity contribution is 5.93. The summed E-state index contributed by atoms with van der Waals surface area (Å²) < 4.78 is 35.0. The van der Waals surface area contributed by atoms with Crippen molar-refractivity contribution in [3.8, 4) is 5.75 Å². The minimum absolute atomic E-state index is 0.0153. The monoisotopic (exact) mass is 360 g/mol. The molecule has 1 aliphatic rings. The van der Waals surface area contributed by atoms with E-state index in [1.165, 1.54) is 24.3 Å². The molecule has 5 heteroatoms. The van der Waals surface area contributed by atoms with Gasteiger partial charge in [0.1, 0.15) is 23.5 Å². The second-order valence-corrected chi connectivity index (χ2v) is 6.04. The third kappa shape index (κ3) is 4.28. The Hall–Kier alpha value is -2.69. The summed E-state index contributed by atoms with van der Waals surface area (Å²) in [7, 11) is 0. The lowest BCUT2D eigenvalue weighted by Gasteiger charge is -2.25. The fourth-order valence-electron chi connectivity index (χ4n) is 2.76. The molecule has 1 N–H and O–H groups in total. The Labute approximate surface area is 152 Å². The number of ether oxygens (including phenoxy) is 1. The van der Waals surface area contributed by atoms with E-state index in [1.54, 1.807) is 13.0 Å². The zero-order valence-corrected chi connectivity index (χ0v) is 14.9. The lowest BCUT2D eigenvalue weighted by atomic mass is 9.90. The van der Waals surface area contributed by atoms with Gasteiger partial charge in [0, 0.05) is 5.56 Å². The summed E-state index contributed by atoms with van der Waals surface area (Å²) in [6.07, 6.45) is 5.63. The van der Waals surface area contributed by atoms with E-state index >= 15 is 0 Å². The molecule has 0 saturated heterocycles. The number of fused-ring (bicyclic) bond motifs is 1. The minimum Gasteiger partial charge on any atom is -0.486 e. The van der Waals surface area contributed by atoms with Gasteiger partial charge in [-0.05, 0) is 61.8 Å². The van der Waals surface area contributed by atoms with Crippen LogP contribution in [0.5, 0.6) is 5.75 Å². The van der Waals surface area contributed by atoms with E-state index in [-0.39, 0.29) is 16.7 Å². The first-order valence-electron chi connectivity index (χ1n) is 8.53. The van der Waals surface area contributed by atoms with Crippen LogP contribution in [0.1, 0.15) is 49.0 Å². The zero-order valence-electron chi connectivity index (χ0n) is 14.9. The van der Waals surface area contributed by atoms with Crippen molar-refractivity contribution >= 4 is 11.5 Å². The van der Waals surface area contributed by atoms with Crippen molar-refractivity contribution in [1.29, 1.82) is 0 Å². The number of carbonyl (C=O) groups is 1. The maximum atomic E-state index is 14.8. The van der Waals surface area contributed by atoms with Gasteiger partial charge in [-0.1, -0.05) is 19.9 Å². The number of carboxylic acid groups (broad SMARTS) is 1. The highest BCUT2D eigenvalue weighted by Crippen LogP contribution is 2.41. The van der Waals surface area contributed by atoms with E-state index in [0.717, 1.165) is 18.9 Å². The molecule has 1 aliphatic heterocycles. The van der Waals surface area contributed by atoms with Crippen LogP contribution in [-0.4, -0.2) is 17.2 Å². The van der Waals surface area contributed by atoms with Crippen molar-refractivity contribution in [3.05, 3.63) is 71.4 Å². The smallest absolute Gasteiger partial charge is 0.335 e. The Morgan fingerprint density at radius 3 is 2.73 bits per heavy atom. The van der Waals surface area contributed by atoms with Gasteiger partial charge in [0.15, 0.2) is 0 Å². The summed E-state index contributed by atoms with van der Waals surface area (Å²) in [5.74, 6) is -2.24. The molecule has 0 saturated carbocycles. The third-order valence-corrected chi connectivity index (χ3v) is 4.04. The molecular formula is C21H22F2O3. The Balaban J connectivity index is 2.62. The molecule has 138 valence electrons. The maximum Gasteiger partial charge on any atom is 0.335 e. The molecule has 1 heterocycles. The molecule has 1 aromatic rings. The fourth-order valence-corrected chi connectivity index (χ4v) is 2.76. The van der Waals surface area contributed by atoms with Crippen molar-refractivity contribution in [2.45, 2.75) is 39.2 Å². The molecule has 0 bridgehead atoms. The molecule has 1 aromatic carbocycles. The number of carboxylic acids is 1. The van der Waals surface area contributed by atoms with Gasteiger partial charge in [-0.2, -0.15) is 0 Å². The average Bonchev–Trinajstić information content (AvgIpc) is 2.61. The molecule has 1 unspecified atom stereocenters. The lowest BCUT2D eigenvalue weighted by Crippen LogP contribution is -2.16. The zero-order chi connectivity index (χ0) is 19.3. The minimum atomic E-state index is -1.13. The highest BCUT2D eigenvalue weighted by Gasteiger charge is 2.26. The van der Waals surface area contributed by atoms with E-state index < -0.39 is 23.7 Å². The van der Waals surface area contributed by atoms with Crippen LogP contribution < -0.4 is 4.74 Å². The van der Waals surface area contributed by atoms with Crippen LogP contribution in [0.15, 0.2) is 60.2 Å². The number of hydrogen-bond donors (Lipinski definition) is 1. The first-order valence-corrected chi connectivity index (χ1v) is 8.53. The molecule has 1 atom stereocenters. The maximum absolute atomic E-state index is 14.8. The van der Waals surface area contributed by atoms with E-state index in [2.05, 4.69) is 6.58 Å². The molecule has 0 aromatic heterocycles. The van der Waals surface area contributed by atoms with Gasteiger partial charge >= 0.3 is 5.97 Å². The van der Waals surface area contributed by atoms with Crippen LogP contribution in [0.4, 0.5) is 8.78 Å². The van der Waals surface area contributed by atoms with Gasteiger partial charge < -0.3 is 9.84 Å². The molecule has 3 nitrogen and oxygen atoms in total. The quantitative estimate of drug-likeness (QED) is 0.479. The Morgan fingerprint density at radius 1 is 1.38 bits per heavy atom. The summed E-state index contributed by atoms with van der Waals surface area (Å²) in [5, 5.41) is 9.22. The second-order valence-electron chi connectivity index (χ2n) is 6.04. The van der Waals surface area contributed by atoms with Crippen LogP contribution in [0.2, 0.25) is 0 Å². The number of benzene rings is 1.